The summed E-state index contributed by atoms with van der Waals surface area (Å²) in [5.41, 5.74) is 0. The highest BCUT2D eigenvalue weighted by molar-refractivity contribution is 7.92. The van der Waals surface area contributed by atoms with E-state index >= 15 is 0 Å². The summed E-state index contributed by atoms with van der Waals surface area (Å²) in [5, 5.41) is -0.0889. The molecule has 0 N–H and O–H groups in total. The number of carbonyl (C=O) groups is 2. The Bertz CT molecular complexity index is 786. The number of halogens is 1. The highest BCUT2D eigenvalue weighted by Gasteiger charge is 2.38. The van der Waals surface area contributed by atoms with Gasteiger partial charge < -0.3 is 9.80 Å². The highest BCUT2D eigenvalue weighted by Crippen LogP contribution is 2.28. The number of likely N-dealkylation sites (tertiary alicyclic amines) is 2. The van der Waals surface area contributed by atoms with Crippen LogP contribution in [0.2, 0.25) is 5.02 Å². The molecule has 1 unspecified atom stereocenters. The average molecular weight is 399 g/mol. The van der Waals surface area contributed by atoms with Crippen molar-refractivity contribution in [3.8, 4) is 0 Å². The minimum atomic E-state index is -3.48. The Balaban J connectivity index is 1.62. The van der Waals surface area contributed by atoms with E-state index in [0.29, 0.717) is 43.9 Å². The molecule has 0 aliphatic carbocycles. The average Bonchev–Trinajstić information content (AvgIpc) is 3.12. The number of piperidine rings is 1. The van der Waals surface area contributed by atoms with Gasteiger partial charge in [-0.05, 0) is 43.5 Å². The standard InChI is InChI=1S/C18H23ClN2O4S/c1-13(22)20-9-6-14(7-10-20)18(23)21-11-8-17(12-21)26(24,25)16-4-2-15(19)3-5-16/h2-5,14,17H,6-12H2,1H3. The minimum Gasteiger partial charge on any atom is -0.343 e. The van der Waals surface area contributed by atoms with Crippen molar-refractivity contribution in [1.29, 1.82) is 0 Å². The molecule has 0 aromatic heterocycles. The second kappa shape index (κ2) is 7.56. The Morgan fingerprint density at radius 1 is 1.00 bits per heavy atom. The number of sulfone groups is 1. The predicted molar refractivity (Wildman–Crippen MR) is 98.6 cm³/mol. The van der Waals surface area contributed by atoms with Crippen molar-refractivity contribution in [1.82, 2.24) is 9.80 Å². The summed E-state index contributed by atoms with van der Waals surface area (Å²) >= 11 is 5.83. The van der Waals surface area contributed by atoms with Crippen LogP contribution < -0.4 is 0 Å². The lowest BCUT2D eigenvalue weighted by Crippen LogP contribution is -2.43. The Morgan fingerprint density at radius 3 is 2.15 bits per heavy atom. The van der Waals surface area contributed by atoms with Crippen LogP contribution in [0, 0.1) is 5.92 Å². The number of carbonyl (C=O) groups excluding carboxylic acids is 2. The van der Waals surface area contributed by atoms with Gasteiger partial charge in [0.1, 0.15) is 0 Å². The van der Waals surface area contributed by atoms with E-state index in [1.54, 1.807) is 21.9 Å². The molecule has 2 heterocycles. The number of amides is 2. The van der Waals surface area contributed by atoms with E-state index < -0.39 is 15.1 Å². The molecule has 0 bridgehead atoms. The van der Waals surface area contributed by atoms with E-state index in [-0.39, 0.29) is 29.2 Å². The van der Waals surface area contributed by atoms with Gasteiger partial charge in [0.15, 0.2) is 9.84 Å². The Morgan fingerprint density at radius 2 is 1.58 bits per heavy atom. The van der Waals surface area contributed by atoms with Crippen LogP contribution in [0.15, 0.2) is 29.2 Å². The van der Waals surface area contributed by atoms with Gasteiger partial charge in [-0.1, -0.05) is 11.6 Å². The van der Waals surface area contributed by atoms with Crippen LogP contribution in [0.3, 0.4) is 0 Å². The summed E-state index contributed by atoms with van der Waals surface area (Å²) in [6.45, 7) is 3.41. The predicted octanol–water partition coefficient (Wildman–Crippen LogP) is 1.97. The van der Waals surface area contributed by atoms with Crippen molar-refractivity contribution in [3.05, 3.63) is 29.3 Å². The van der Waals surface area contributed by atoms with Crippen LogP contribution in [-0.4, -0.2) is 61.5 Å². The monoisotopic (exact) mass is 398 g/mol. The van der Waals surface area contributed by atoms with Crippen LogP contribution in [0.25, 0.3) is 0 Å². The number of rotatable bonds is 3. The lowest BCUT2D eigenvalue weighted by molar-refractivity contribution is -0.139. The lowest BCUT2D eigenvalue weighted by atomic mass is 9.95. The van der Waals surface area contributed by atoms with E-state index in [9.17, 15) is 18.0 Å². The zero-order valence-corrected chi connectivity index (χ0v) is 16.3. The quantitative estimate of drug-likeness (QED) is 0.780. The third-order valence-electron chi connectivity index (χ3n) is 5.33. The lowest BCUT2D eigenvalue weighted by Gasteiger charge is -2.32. The van der Waals surface area contributed by atoms with Gasteiger partial charge in [-0.25, -0.2) is 8.42 Å². The largest absolute Gasteiger partial charge is 0.343 e. The van der Waals surface area contributed by atoms with Crippen molar-refractivity contribution in [2.45, 2.75) is 36.3 Å². The maximum atomic E-state index is 12.8. The first-order valence-corrected chi connectivity index (χ1v) is 10.7. The third kappa shape index (κ3) is 3.88. The molecule has 2 fully saturated rings. The number of hydrogen-bond acceptors (Lipinski definition) is 4. The summed E-state index contributed by atoms with van der Waals surface area (Å²) in [4.78, 5) is 27.8. The molecule has 3 rings (SSSR count). The van der Waals surface area contributed by atoms with Gasteiger partial charge in [0.25, 0.3) is 0 Å². The summed E-state index contributed by atoms with van der Waals surface area (Å²) in [6.07, 6.45) is 1.73. The molecule has 2 saturated heterocycles. The van der Waals surface area contributed by atoms with E-state index in [4.69, 9.17) is 11.6 Å². The molecule has 1 aromatic carbocycles. The molecule has 2 aliphatic rings. The normalized spacial score (nSPS) is 21.8. The van der Waals surface area contributed by atoms with E-state index in [1.165, 1.54) is 19.1 Å². The molecule has 1 aromatic rings. The molecule has 0 radical (unpaired) electrons. The Hall–Kier alpha value is -1.60. The zero-order valence-electron chi connectivity index (χ0n) is 14.7. The molecule has 6 nitrogen and oxygen atoms in total. The topological polar surface area (TPSA) is 74.8 Å². The third-order valence-corrected chi connectivity index (χ3v) is 7.77. The second-order valence-electron chi connectivity index (χ2n) is 6.97. The Labute approximate surface area is 159 Å². The fraction of sp³-hybridized carbons (Fsp3) is 0.556. The van der Waals surface area contributed by atoms with Crippen molar-refractivity contribution in [2.75, 3.05) is 26.2 Å². The molecule has 0 saturated carbocycles. The number of nitrogens with zero attached hydrogens (tertiary/aromatic N) is 2. The minimum absolute atomic E-state index is 0.0157. The van der Waals surface area contributed by atoms with Gasteiger partial charge in [-0.2, -0.15) is 0 Å². The smallest absolute Gasteiger partial charge is 0.225 e. The molecule has 26 heavy (non-hydrogen) atoms. The number of benzene rings is 1. The molecule has 1 atom stereocenters. The molecule has 2 aliphatic heterocycles. The van der Waals surface area contributed by atoms with E-state index in [2.05, 4.69) is 0 Å². The maximum Gasteiger partial charge on any atom is 0.225 e. The summed E-state index contributed by atoms with van der Waals surface area (Å²) in [7, 11) is -3.48. The maximum absolute atomic E-state index is 12.8. The number of hydrogen-bond donors (Lipinski definition) is 0. The summed E-state index contributed by atoms with van der Waals surface area (Å²) < 4.78 is 25.6. The first-order valence-electron chi connectivity index (χ1n) is 8.83. The second-order valence-corrected chi connectivity index (χ2v) is 9.64. The summed E-state index contributed by atoms with van der Waals surface area (Å²) in [5.74, 6) is -0.0733. The van der Waals surface area contributed by atoms with Crippen LogP contribution >= 0.6 is 11.6 Å². The van der Waals surface area contributed by atoms with Gasteiger partial charge in [0, 0.05) is 44.0 Å². The first kappa shape index (κ1) is 19.2. The fourth-order valence-corrected chi connectivity index (χ4v) is 5.52. The zero-order chi connectivity index (χ0) is 18.9. The summed E-state index contributed by atoms with van der Waals surface area (Å²) in [6, 6.07) is 6.16. The first-order chi connectivity index (χ1) is 12.3. The molecular weight excluding hydrogens is 376 g/mol. The van der Waals surface area contributed by atoms with Crippen molar-refractivity contribution >= 4 is 33.3 Å². The van der Waals surface area contributed by atoms with Crippen LogP contribution in [-0.2, 0) is 19.4 Å². The SMILES string of the molecule is CC(=O)N1CCC(C(=O)N2CCC(S(=O)(=O)c3ccc(Cl)cc3)C2)CC1. The molecule has 2 amide bonds. The molecular formula is C18H23ClN2O4S. The van der Waals surface area contributed by atoms with Crippen LogP contribution in [0.4, 0.5) is 0 Å². The molecule has 0 spiro atoms. The molecule has 8 heteroatoms. The molecule has 142 valence electrons. The van der Waals surface area contributed by atoms with E-state index in [0.717, 1.165) is 0 Å². The van der Waals surface area contributed by atoms with Gasteiger partial charge >= 0.3 is 0 Å². The van der Waals surface area contributed by atoms with Crippen molar-refractivity contribution in [3.63, 3.8) is 0 Å². The van der Waals surface area contributed by atoms with Crippen molar-refractivity contribution < 1.29 is 18.0 Å². The van der Waals surface area contributed by atoms with E-state index in [1.807, 2.05) is 0 Å². The van der Waals surface area contributed by atoms with Crippen LogP contribution in [0.5, 0.6) is 0 Å². The van der Waals surface area contributed by atoms with Gasteiger partial charge in [0.2, 0.25) is 11.8 Å². The van der Waals surface area contributed by atoms with Gasteiger partial charge in [-0.3, -0.25) is 9.59 Å². The van der Waals surface area contributed by atoms with Gasteiger partial charge in [-0.15, -0.1) is 0 Å². The van der Waals surface area contributed by atoms with Gasteiger partial charge in [0.05, 0.1) is 10.1 Å². The van der Waals surface area contributed by atoms with Crippen LogP contribution in [0.1, 0.15) is 26.2 Å². The highest BCUT2D eigenvalue weighted by atomic mass is 35.5. The fourth-order valence-electron chi connectivity index (χ4n) is 3.70. The Kier molecular flexibility index (Phi) is 5.58. The van der Waals surface area contributed by atoms with Crippen molar-refractivity contribution in [2.24, 2.45) is 5.92 Å².